The van der Waals surface area contributed by atoms with E-state index in [9.17, 15) is 65.0 Å². The van der Waals surface area contributed by atoms with Crippen LogP contribution >= 0.6 is 0 Å². The number of benzene rings is 2. The zero-order chi connectivity index (χ0) is 55.3. The number of likely N-dealkylation sites (N-methyl/N-ethyl adjacent to an activating group) is 3. The summed E-state index contributed by atoms with van der Waals surface area (Å²) in [5.74, 6) is -9.51. The smallest absolute Gasteiger partial charge is 0.412 e. The van der Waals surface area contributed by atoms with E-state index in [1.54, 1.807) is 58.2 Å². The molecule has 5 N–H and O–H groups in total. The van der Waals surface area contributed by atoms with Gasteiger partial charge >= 0.3 is 24.3 Å². The van der Waals surface area contributed by atoms with Crippen molar-refractivity contribution in [3.8, 4) is 6.07 Å². The number of alkyl halides is 6. The Labute approximate surface area is 421 Å². The number of hydrogen-bond donors (Lipinski definition) is 4. The molecule has 3 aromatic rings. The molecule has 400 valence electrons. The molecule has 0 unspecified atom stereocenters. The number of carboxylic acid groups (broad SMARTS) is 1. The van der Waals surface area contributed by atoms with Gasteiger partial charge in [-0.15, -0.1) is 0 Å². The molecule has 0 fully saturated rings. The number of rotatable bonds is 25. The molecule has 0 bridgehead atoms. The minimum Gasteiger partial charge on any atom is -0.479 e. The van der Waals surface area contributed by atoms with Crippen molar-refractivity contribution in [1.82, 2.24) is 29.9 Å². The van der Waals surface area contributed by atoms with Gasteiger partial charge < -0.3 is 45.5 Å². The predicted octanol–water partition coefficient (Wildman–Crippen LogP) is 3.59. The van der Waals surface area contributed by atoms with Crippen LogP contribution in [0.15, 0.2) is 54.7 Å². The van der Waals surface area contributed by atoms with Gasteiger partial charge in [0.2, 0.25) is 29.5 Å². The molecule has 2 aromatic carbocycles. The summed E-state index contributed by atoms with van der Waals surface area (Å²) in [4.78, 5) is 98.0. The number of nitrogens with one attached hydrogen (secondary N) is 2. The lowest BCUT2D eigenvalue weighted by molar-refractivity contribution is -0.172. The number of hydrogen-bond acceptors (Lipinski definition) is 10. The van der Waals surface area contributed by atoms with E-state index in [2.05, 4.69) is 10.6 Å². The molecule has 1 aromatic heterocycles. The fourth-order valence-electron chi connectivity index (χ4n) is 7.98. The molecule has 0 saturated heterocycles. The number of aliphatic carboxylic acids is 1. The number of para-hydroxylation sites is 1. The van der Waals surface area contributed by atoms with Crippen LogP contribution in [0.4, 0.5) is 26.3 Å². The van der Waals surface area contributed by atoms with Gasteiger partial charge in [0.1, 0.15) is 38.1 Å². The molecule has 24 heteroatoms. The van der Waals surface area contributed by atoms with Crippen LogP contribution in [0.25, 0.3) is 10.9 Å². The molecule has 3 rings (SSSR count). The third kappa shape index (κ3) is 17.5. The fraction of sp³-hybridized carbons (Fsp3) is 0.551. The van der Waals surface area contributed by atoms with Crippen molar-refractivity contribution in [3.05, 3.63) is 65.9 Å². The molecule has 0 aliphatic heterocycles. The van der Waals surface area contributed by atoms with Gasteiger partial charge in [0.05, 0.1) is 6.07 Å². The van der Waals surface area contributed by atoms with E-state index in [1.165, 1.54) is 7.05 Å². The topological polar surface area (TPSA) is 237 Å². The Balaban J connectivity index is 2.17. The van der Waals surface area contributed by atoms with Crippen molar-refractivity contribution < 1.29 is 69.7 Å². The summed E-state index contributed by atoms with van der Waals surface area (Å²) in [7, 11) is 5.12. The lowest BCUT2D eigenvalue weighted by Crippen LogP contribution is -2.61. The molecule has 0 radical (unpaired) electrons. The Bertz CT molecular complexity index is 2460. The number of aromatic nitrogens is 1. The zero-order valence-corrected chi connectivity index (χ0v) is 42.3. The normalized spacial score (nSPS) is 14.7. The zero-order valence-electron chi connectivity index (χ0n) is 42.3. The average molecular weight is 1030 g/mol. The summed E-state index contributed by atoms with van der Waals surface area (Å²) in [5, 5.41) is 24.0. The molecule has 0 spiro atoms. The molecular formula is C49H65BF6N8O9. The summed E-state index contributed by atoms with van der Waals surface area (Å²) in [5.41, 5.74) is 8.33. The number of amides is 5. The van der Waals surface area contributed by atoms with Gasteiger partial charge in [-0.05, 0) is 55.2 Å². The van der Waals surface area contributed by atoms with Gasteiger partial charge in [-0.25, -0.2) is 9.59 Å². The van der Waals surface area contributed by atoms with Crippen molar-refractivity contribution >= 4 is 65.7 Å². The maximum Gasteiger partial charge on any atom is 0.412 e. The Kier molecular flexibility index (Phi) is 21.9. The number of halogens is 6. The number of carbonyl (C=O) groups excluding carboxylic acids is 6. The molecule has 0 saturated carbocycles. The van der Waals surface area contributed by atoms with Crippen LogP contribution in [0.5, 0.6) is 0 Å². The number of carbonyl (C=O) groups is 7. The monoisotopic (exact) mass is 1030 g/mol. The van der Waals surface area contributed by atoms with Crippen LogP contribution < -0.4 is 21.8 Å². The summed E-state index contributed by atoms with van der Waals surface area (Å²) >= 11 is 0. The third-order valence-corrected chi connectivity index (χ3v) is 12.3. The van der Waals surface area contributed by atoms with E-state index in [4.69, 9.17) is 15.7 Å². The van der Waals surface area contributed by atoms with Gasteiger partial charge in [0.25, 0.3) is 0 Å². The fourth-order valence-corrected chi connectivity index (χ4v) is 7.98. The highest BCUT2D eigenvalue weighted by Crippen LogP contribution is 2.28. The van der Waals surface area contributed by atoms with E-state index in [1.807, 2.05) is 42.7 Å². The SMILES string of the molecule is Bc1ccc(Cn2cc(C[C@@H](C(=O)N[C@@H](CCC(F)(F)F)C(=O)N(C)[C@@H](C)C(=O)O[C@H](CCC#N)C(=O)O)N(C)C(=O)[C@H](CC(C)C)NC(=O)[C@H](CC(C)C)N(C)C(=O)[C@@H](N)C(F)(F)F)c3ccccc32)cc1. The van der Waals surface area contributed by atoms with Crippen molar-refractivity contribution in [3.63, 3.8) is 0 Å². The molecular weight excluding hydrogens is 969 g/mol. The van der Waals surface area contributed by atoms with E-state index in [-0.39, 0.29) is 37.5 Å². The van der Waals surface area contributed by atoms with Crippen LogP contribution in [0.1, 0.15) is 84.3 Å². The van der Waals surface area contributed by atoms with Crippen LogP contribution in [0.2, 0.25) is 0 Å². The highest BCUT2D eigenvalue weighted by atomic mass is 19.4. The van der Waals surface area contributed by atoms with Crippen molar-refractivity contribution in [1.29, 1.82) is 5.26 Å². The van der Waals surface area contributed by atoms with Crippen LogP contribution in [-0.2, 0) is 51.3 Å². The number of carboxylic acids is 1. The van der Waals surface area contributed by atoms with Gasteiger partial charge in [-0.3, -0.25) is 24.0 Å². The van der Waals surface area contributed by atoms with Gasteiger partial charge in [0, 0.05) is 70.5 Å². The van der Waals surface area contributed by atoms with Gasteiger partial charge in [0.15, 0.2) is 12.1 Å². The first-order valence-corrected chi connectivity index (χ1v) is 23.6. The number of nitriles is 1. The first-order valence-electron chi connectivity index (χ1n) is 23.6. The number of ether oxygens (including phenoxy) is 1. The Hall–Kier alpha value is -6.64. The second-order valence-corrected chi connectivity index (χ2v) is 19.1. The molecule has 1 heterocycles. The first kappa shape index (κ1) is 60.7. The standard InChI is InChI=1S/C49H65BF6N8O9/c1-27(2)22-35(60-41(65)37(23-28(3)4)63(8)45(69)40(58)49(54,55)56)44(68)62(7)38(24-31-26-64(36-13-10-9-12-33(31)36)25-30-15-17-32(50)18-16-30)42(66)59-34(19-20-48(51,52)53)43(67)61(6)29(5)47(72)73-39(46(70)71)14-11-21-57/h9-10,12-13,15-18,26-29,34-35,37-40H,11,14,19-20,22-25,50,58H2,1-8H3,(H,59,66)(H,60,65)(H,70,71)/t29-,34-,35-,37-,38-,39+,40+/m0/s1. The molecule has 73 heavy (non-hydrogen) atoms. The van der Waals surface area contributed by atoms with Crippen molar-refractivity contribution in [2.45, 2.75) is 141 Å². The minimum absolute atomic E-state index is 0.113. The van der Waals surface area contributed by atoms with E-state index in [0.717, 1.165) is 36.9 Å². The van der Waals surface area contributed by atoms with Crippen LogP contribution in [-0.4, -0.2) is 150 Å². The Morgan fingerprint density at radius 2 is 1.33 bits per heavy atom. The van der Waals surface area contributed by atoms with Gasteiger partial charge in [-0.2, -0.15) is 31.6 Å². The molecule has 17 nitrogen and oxygen atoms in total. The number of nitrogens with two attached hydrogens (primary N) is 1. The second kappa shape index (κ2) is 26.4. The summed E-state index contributed by atoms with van der Waals surface area (Å²) in [6.07, 6.45) is -14.1. The average Bonchev–Trinajstić information content (AvgIpc) is 3.66. The first-order chi connectivity index (χ1) is 33.9. The van der Waals surface area contributed by atoms with Crippen LogP contribution in [0, 0.1) is 23.2 Å². The number of esters is 1. The summed E-state index contributed by atoms with van der Waals surface area (Å²) < 4.78 is 89.3. The maximum absolute atomic E-state index is 14.9. The quantitative estimate of drug-likeness (QED) is 0.0544. The van der Waals surface area contributed by atoms with Crippen molar-refractivity contribution in [2.24, 2.45) is 17.6 Å². The molecule has 0 aliphatic rings. The van der Waals surface area contributed by atoms with E-state index < -0.39 is 115 Å². The highest BCUT2D eigenvalue weighted by molar-refractivity contribution is 6.32. The van der Waals surface area contributed by atoms with Crippen LogP contribution in [0.3, 0.4) is 0 Å². The maximum atomic E-state index is 14.9. The van der Waals surface area contributed by atoms with Gasteiger partial charge in [-0.1, -0.05) is 75.6 Å². The van der Waals surface area contributed by atoms with E-state index in [0.29, 0.717) is 32.8 Å². The molecule has 0 aliphatic carbocycles. The number of fused-ring (bicyclic) bond motifs is 1. The van der Waals surface area contributed by atoms with Crippen molar-refractivity contribution in [2.75, 3.05) is 21.1 Å². The lowest BCUT2D eigenvalue weighted by Gasteiger charge is -2.35. The molecule has 5 amide bonds. The number of nitrogens with zero attached hydrogens (tertiary/aromatic N) is 5. The highest BCUT2D eigenvalue weighted by Gasteiger charge is 2.46. The second-order valence-electron chi connectivity index (χ2n) is 19.1. The lowest BCUT2D eigenvalue weighted by atomic mass is 9.95. The third-order valence-electron chi connectivity index (χ3n) is 12.3. The largest absolute Gasteiger partial charge is 0.479 e. The summed E-state index contributed by atoms with van der Waals surface area (Å²) in [6, 6.07) is 5.17. The Morgan fingerprint density at radius 1 is 0.781 bits per heavy atom. The molecule has 7 atom stereocenters. The Morgan fingerprint density at radius 3 is 1.88 bits per heavy atom. The van der Waals surface area contributed by atoms with E-state index >= 15 is 0 Å². The summed E-state index contributed by atoms with van der Waals surface area (Å²) in [6.45, 7) is 8.16. The predicted molar refractivity (Wildman–Crippen MR) is 259 cm³/mol. The minimum atomic E-state index is -5.15.